The van der Waals surface area contributed by atoms with E-state index in [0.29, 0.717) is 22.6 Å². The maximum Gasteiger partial charge on any atom is 0.272 e. The van der Waals surface area contributed by atoms with Gasteiger partial charge in [0.05, 0.1) is 11.8 Å². The molecular formula is C20H16ClN3O2. The van der Waals surface area contributed by atoms with E-state index in [9.17, 15) is 9.90 Å². The van der Waals surface area contributed by atoms with Crippen molar-refractivity contribution in [3.63, 3.8) is 0 Å². The second-order valence-electron chi connectivity index (χ2n) is 5.60. The molecule has 2 N–H and O–H groups in total. The molecule has 0 radical (unpaired) electrons. The Bertz CT molecular complexity index is 943. The van der Waals surface area contributed by atoms with Gasteiger partial charge >= 0.3 is 0 Å². The molecule has 1 amide bonds. The van der Waals surface area contributed by atoms with Crippen molar-refractivity contribution in [2.45, 2.75) is 6.42 Å². The zero-order valence-electron chi connectivity index (χ0n) is 13.8. The van der Waals surface area contributed by atoms with Crippen LogP contribution in [-0.4, -0.2) is 22.2 Å². The molecule has 1 heterocycles. The number of hydrogen-bond donors (Lipinski definition) is 2. The van der Waals surface area contributed by atoms with E-state index in [4.69, 9.17) is 11.6 Å². The van der Waals surface area contributed by atoms with Crippen LogP contribution in [0.1, 0.15) is 27.0 Å². The number of phenols is 1. The second kappa shape index (κ2) is 8.27. The van der Waals surface area contributed by atoms with Gasteiger partial charge in [0.25, 0.3) is 5.91 Å². The van der Waals surface area contributed by atoms with E-state index in [2.05, 4.69) is 15.5 Å². The van der Waals surface area contributed by atoms with Crippen LogP contribution in [0.5, 0.6) is 5.75 Å². The van der Waals surface area contributed by atoms with Gasteiger partial charge in [0, 0.05) is 23.0 Å². The molecule has 130 valence electrons. The minimum absolute atomic E-state index is 0.0762. The molecule has 0 aliphatic rings. The number of rotatable bonds is 5. The van der Waals surface area contributed by atoms with E-state index >= 15 is 0 Å². The molecule has 6 heteroatoms. The van der Waals surface area contributed by atoms with E-state index in [1.165, 1.54) is 12.4 Å². The van der Waals surface area contributed by atoms with E-state index in [0.717, 1.165) is 11.1 Å². The van der Waals surface area contributed by atoms with E-state index in [1.807, 2.05) is 30.3 Å². The van der Waals surface area contributed by atoms with Crippen molar-refractivity contribution in [3.8, 4) is 5.75 Å². The minimum atomic E-state index is -0.374. The molecule has 3 rings (SSSR count). The van der Waals surface area contributed by atoms with Crippen molar-refractivity contribution in [1.82, 2.24) is 10.4 Å². The van der Waals surface area contributed by atoms with Crippen LogP contribution in [0, 0.1) is 0 Å². The van der Waals surface area contributed by atoms with Gasteiger partial charge in [-0.25, -0.2) is 5.43 Å². The lowest BCUT2D eigenvalue weighted by Crippen LogP contribution is -2.17. The third-order valence-corrected chi connectivity index (χ3v) is 4.11. The molecule has 0 bridgehead atoms. The van der Waals surface area contributed by atoms with Gasteiger partial charge in [0.1, 0.15) is 5.75 Å². The average Bonchev–Trinajstić information content (AvgIpc) is 2.66. The van der Waals surface area contributed by atoms with Gasteiger partial charge < -0.3 is 5.11 Å². The predicted octanol–water partition coefficient (Wildman–Crippen LogP) is 3.80. The van der Waals surface area contributed by atoms with Crippen LogP contribution >= 0.6 is 11.6 Å². The number of benzene rings is 2. The first-order valence-electron chi connectivity index (χ1n) is 7.92. The zero-order chi connectivity index (χ0) is 18.4. The van der Waals surface area contributed by atoms with Crippen LogP contribution in [0.4, 0.5) is 0 Å². The summed E-state index contributed by atoms with van der Waals surface area (Å²) in [4.78, 5) is 15.8. The highest BCUT2D eigenvalue weighted by molar-refractivity contribution is 6.31. The molecule has 5 nitrogen and oxygen atoms in total. The standard InChI is InChI=1S/C20H16ClN3O2/c21-18-6-2-1-4-15(18)10-14-7-8-19(25)17(11-14)13-23-24-20(26)16-5-3-9-22-12-16/h1-9,11-13,25H,10H2,(H,24,26)/b23-13+. The Morgan fingerprint density at radius 2 is 2.04 bits per heavy atom. The highest BCUT2D eigenvalue weighted by atomic mass is 35.5. The summed E-state index contributed by atoms with van der Waals surface area (Å²) >= 11 is 6.19. The molecular weight excluding hydrogens is 350 g/mol. The molecule has 3 aromatic rings. The first-order valence-corrected chi connectivity index (χ1v) is 8.30. The number of nitrogens with zero attached hydrogens (tertiary/aromatic N) is 2. The SMILES string of the molecule is O=C(N/N=C/c1cc(Cc2ccccc2Cl)ccc1O)c1cccnc1. The Hall–Kier alpha value is -3.18. The van der Waals surface area contributed by atoms with E-state index < -0.39 is 0 Å². The smallest absolute Gasteiger partial charge is 0.272 e. The Kier molecular flexibility index (Phi) is 5.61. The van der Waals surface area contributed by atoms with Crippen LogP contribution in [0.15, 0.2) is 72.1 Å². The van der Waals surface area contributed by atoms with Crippen LogP contribution in [0.25, 0.3) is 0 Å². The Morgan fingerprint density at radius 3 is 2.81 bits per heavy atom. The van der Waals surface area contributed by atoms with E-state index in [-0.39, 0.29) is 11.7 Å². The van der Waals surface area contributed by atoms with Crippen molar-refractivity contribution in [2.24, 2.45) is 5.10 Å². The van der Waals surface area contributed by atoms with Crippen molar-refractivity contribution < 1.29 is 9.90 Å². The largest absolute Gasteiger partial charge is 0.507 e. The number of phenolic OH excluding ortho intramolecular Hbond substituents is 1. The van der Waals surface area contributed by atoms with Gasteiger partial charge in [-0.2, -0.15) is 5.10 Å². The summed E-state index contributed by atoms with van der Waals surface area (Å²) in [7, 11) is 0. The molecule has 0 atom stereocenters. The van der Waals surface area contributed by atoms with Crippen molar-refractivity contribution >= 4 is 23.7 Å². The fourth-order valence-electron chi connectivity index (χ4n) is 2.40. The third-order valence-electron chi connectivity index (χ3n) is 3.74. The first kappa shape index (κ1) is 17.6. The predicted molar refractivity (Wildman–Crippen MR) is 102 cm³/mol. The topological polar surface area (TPSA) is 74.6 Å². The van der Waals surface area contributed by atoms with Crippen LogP contribution < -0.4 is 5.43 Å². The highest BCUT2D eigenvalue weighted by Crippen LogP contribution is 2.22. The zero-order valence-corrected chi connectivity index (χ0v) is 14.5. The lowest BCUT2D eigenvalue weighted by Gasteiger charge is -2.07. The number of hydrazone groups is 1. The number of aromatic hydroxyl groups is 1. The summed E-state index contributed by atoms with van der Waals surface area (Å²) in [6.07, 6.45) is 5.07. The van der Waals surface area contributed by atoms with Gasteiger partial charge in [-0.05, 0) is 47.9 Å². The molecule has 0 fully saturated rings. The number of hydrogen-bond acceptors (Lipinski definition) is 4. The lowest BCUT2D eigenvalue weighted by atomic mass is 10.0. The summed E-state index contributed by atoms with van der Waals surface area (Å²) in [5.74, 6) is -0.298. The van der Waals surface area contributed by atoms with Gasteiger partial charge in [0.2, 0.25) is 0 Å². The molecule has 1 aromatic heterocycles. The Labute approximate surface area is 156 Å². The highest BCUT2D eigenvalue weighted by Gasteiger charge is 2.06. The van der Waals surface area contributed by atoms with Crippen LogP contribution in [0.2, 0.25) is 5.02 Å². The van der Waals surface area contributed by atoms with Crippen molar-refractivity contribution in [3.05, 3.63) is 94.3 Å². The summed E-state index contributed by atoms with van der Waals surface area (Å²) in [5.41, 5.74) is 5.28. The van der Waals surface area contributed by atoms with E-state index in [1.54, 1.807) is 30.5 Å². The summed E-state index contributed by atoms with van der Waals surface area (Å²) in [5, 5.41) is 14.6. The fourth-order valence-corrected chi connectivity index (χ4v) is 2.60. The molecule has 26 heavy (non-hydrogen) atoms. The summed E-state index contributed by atoms with van der Waals surface area (Å²) in [6.45, 7) is 0. The molecule has 0 saturated heterocycles. The van der Waals surface area contributed by atoms with Gasteiger partial charge in [-0.1, -0.05) is 35.9 Å². The minimum Gasteiger partial charge on any atom is -0.507 e. The van der Waals surface area contributed by atoms with Crippen molar-refractivity contribution in [1.29, 1.82) is 0 Å². The number of aromatic nitrogens is 1. The van der Waals surface area contributed by atoms with Gasteiger partial charge in [-0.15, -0.1) is 0 Å². The normalized spacial score (nSPS) is 10.8. The molecule has 0 aliphatic heterocycles. The Morgan fingerprint density at radius 1 is 1.19 bits per heavy atom. The molecule has 0 saturated carbocycles. The molecule has 0 aliphatic carbocycles. The molecule has 2 aromatic carbocycles. The van der Waals surface area contributed by atoms with Crippen molar-refractivity contribution in [2.75, 3.05) is 0 Å². The number of carbonyl (C=O) groups is 1. The maximum atomic E-state index is 11.9. The third kappa shape index (κ3) is 4.46. The number of carbonyl (C=O) groups excluding carboxylic acids is 1. The van der Waals surface area contributed by atoms with Gasteiger partial charge in [0.15, 0.2) is 0 Å². The second-order valence-corrected chi connectivity index (χ2v) is 6.01. The summed E-state index contributed by atoms with van der Waals surface area (Å²) in [6, 6.07) is 16.1. The fraction of sp³-hybridized carbons (Fsp3) is 0.0500. The Balaban J connectivity index is 1.72. The van der Waals surface area contributed by atoms with Crippen LogP contribution in [-0.2, 0) is 6.42 Å². The number of nitrogens with one attached hydrogen (secondary N) is 1. The number of pyridine rings is 1. The first-order chi connectivity index (χ1) is 12.6. The van der Waals surface area contributed by atoms with Gasteiger partial charge in [-0.3, -0.25) is 9.78 Å². The number of amides is 1. The lowest BCUT2D eigenvalue weighted by molar-refractivity contribution is 0.0954. The maximum absolute atomic E-state index is 11.9. The number of halogens is 1. The molecule has 0 spiro atoms. The summed E-state index contributed by atoms with van der Waals surface area (Å²) < 4.78 is 0. The molecule has 0 unspecified atom stereocenters. The monoisotopic (exact) mass is 365 g/mol. The average molecular weight is 366 g/mol. The van der Waals surface area contributed by atoms with Crippen LogP contribution in [0.3, 0.4) is 0 Å². The quantitative estimate of drug-likeness (QED) is 0.533.